The highest BCUT2D eigenvalue weighted by Gasteiger charge is 2.27. The molecule has 0 aliphatic carbocycles. The number of aliphatic imine (C=N–C) groups is 1. The van der Waals surface area contributed by atoms with Crippen molar-refractivity contribution in [1.29, 1.82) is 0 Å². The summed E-state index contributed by atoms with van der Waals surface area (Å²) in [5, 5.41) is 8.37. The van der Waals surface area contributed by atoms with Crippen LogP contribution in [0.5, 0.6) is 5.88 Å². The molecule has 3 aromatic rings. The number of aryl methyl sites for hydroxylation is 1. The van der Waals surface area contributed by atoms with E-state index in [1.165, 1.54) is 0 Å². The first-order valence-corrected chi connectivity index (χ1v) is 11.3. The molecule has 0 spiro atoms. The van der Waals surface area contributed by atoms with E-state index in [-0.39, 0.29) is 6.04 Å². The minimum absolute atomic E-state index is 0.178. The van der Waals surface area contributed by atoms with Gasteiger partial charge in [-0.2, -0.15) is 5.10 Å². The third kappa shape index (κ3) is 4.51. The molecular formula is C25H30N6O3. The maximum Gasteiger partial charge on any atom is 0.222 e. The second-order valence-corrected chi connectivity index (χ2v) is 7.81. The molecule has 1 saturated heterocycles. The van der Waals surface area contributed by atoms with Crippen molar-refractivity contribution in [1.82, 2.24) is 19.7 Å². The summed E-state index contributed by atoms with van der Waals surface area (Å²) in [6.07, 6.45) is 5.62. The SMILES string of the molecule is C=N/C(OC)=C(\C=C/C)CNc1cc(-c2cccnc2OCC)nc2c(C)nn(C3COC3)c12. The maximum atomic E-state index is 5.77. The molecule has 4 heterocycles. The van der Waals surface area contributed by atoms with Crippen molar-refractivity contribution in [3.05, 3.63) is 53.7 Å². The van der Waals surface area contributed by atoms with Gasteiger partial charge in [0.15, 0.2) is 0 Å². The molecule has 4 rings (SSSR count). The summed E-state index contributed by atoms with van der Waals surface area (Å²) in [6, 6.07) is 6.04. The predicted molar refractivity (Wildman–Crippen MR) is 133 cm³/mol. The minimum Gasteiger partial charge on any atom is -0.481 e. The van der Waals surface area contributed by atoms with E-state index in [4.69, 9.17) is 24.3 Å². The molecule has 1 fully saturated rings. The van der Waals surface area contributed by atoms with Crippen molar-refractivity contribution in [2.75, 3.05) is 38.8 Å². The third-order valence-corrected chi connectivity index (χ3v) is 5.57. The number of pyridine rings is 2. The first-order valence-electron chi connectivity index (χ1n) is 11.3. The lowest BCUT2D eigenvalue weighted by molar-refractivity contribution is -0.0267. The molecular weight excluding hydrogens is 432 g/mol. The number of hydrogen-bond acceptors (Lipinski definition) is 8. The highest BCUT2D eigenvalue weighted by molar-refractivity contribution is 5.93. The van der Waals surface area contributed by atoms with E-state index in [0.717, 1.165) is 39.2 Å². The number of allylic oxidation sites excluding steroid dienone is 1. The Morgan fingerprint density at radius 2 is 2.24 bits per heavy atom. The number of anilines is 1. The molecule has 0 bridgehead atoms. The molecule has 0 radical (unpaired) electrons. The predicted octanol–water partition coefficient (Wildman–Crippen LogP) is 4.32. The standard InChI is InChI=1S/C25H30N6O3/c1-6-9-17(24(26-4)32-5)13-28-21-12-20(19-10-8-11-27-25(19)34-7-2)29-22-16(3)30-31(23(21)22)18-14-33-15-18/h6,8-12,18H,4,7,13-15H2,1-3,5H3,(H,28,29)/b9-6-,24-17-. The highest BCUT2D eigenvalue weighted by atomic mass is 16.5. The Morgan fingerprint density at radius 3 is 2.88 bits per heavy atom. The van der Waals surface area contributed by atoms with Gasteiger partial charge in [-0.15, -0.1) is 0 Å². The van der Waals surface area contributed by atoms with Crippen molar-refractivity contribution in [2.24, 2.45) is 4.99 Å². The van der Waals surface area contributed by atoms with Crippen molar-refractivity contribution < 1.29 is 14.2 Å². The van der Waals surface area contributed by atoms with Crippen LogP contribution in [0.15, 0.2) is 53.0 Å². The molecule has 178 valence electrons. The molecule has 34 heavy (non-hydrogen) atoms. The summed E-state index contributed by atoms with van der Waals surface area (Å²) in [6.45, 7) is 11.7. The van der Waals surface area contributed by atoms with Crippen LogP contribution in [0.4, 0.5) is 5.69 Å². The van der Waals surface area contributed by atoms with Crippen molar-refractivity contribution in [2.45, 2.75) is 26.8 Å². The van der Waals surface area contributed by atoms with Gasteiger partial charge >= 0.3 is 0 Å². The van der Waals surface area contributed by atoms with Gasteiger partial charge in [0, 0.05) is 18.3 Å². The average molecular weight is 463 g/mol. The molecule has 0 atom stereocenters. The first kappa shape index (κ1) is 23.4. The largest absolute Gasteiger partial charge is 0.481 e. The zero-order valence-corrected chi connectivity index (χ0v) is 20.0. The summed E-state index contributed by atoms with van der Waals surface area (Å²) in [4.78, 5) is 13.4. The van der Waals surface area contributed by atoms with E-state index in [9.17, 15) is 0 Å². The molecule has 0 saturated carbocycles. The molecule has 0 amide bonds. The van der Waals surface area contributed by atoms with Crippen LogP contribution in [0.25, 0.3) is 22.3 Å². The van der Waals surface area contributed by atoms with Gasteiger partial charge in [0.1, 0.15) is 11.0 Å². The fourth-order valence-corrected chi connectivity index (χ4v) is 3.92. The van der Waals surface area contributed by atoms with Crippen molar-refractivity contribution >= 4 is 23.4 Å². The number of ether oxygens (including phenoxy) is 3. The van der Waals surface area contributed by atoms with Crippen LogP contribution in [-0.4, -0.2) is 59.9 Å². The molecule has 0 unspecified atom stereocenters. The fraction of sp³-hybridized carbons (Fsp3) is 0.360. The van der Waals surface area contributed by atoms with Gasteiger partial charge in [-0.25, -0.2) is 15.0 Å². The quantitative estimate of drug-likeness (QED) is 0.272. The van der Waals surface area contributed by atoms with Crippen LogP contribution in [0.3, 0.4) is 0 Å². The molecule has 0 aromatic carbocycles. The number of nitrogens with one attached hydrogen (secondary N) is 1. The Bertz CT molecular complexity index is 1240. The van der Waals surface area contributed by atoms with E-state index >= 15 is 0 Å². The average Bonchev–Trinajstić information content (AvgIpc) is 3.13. The molecule has 3 aromatic heterocycles. The topological polar surface area (TPSA) is 95.7 Å². The Hall–Kier alpha value is -3.72. The number of fused-ring (bicyclic) bond motifs is 1. The van der Waals surface area contributed by atoms with Crippen LogP contribution < -0.4 is 10.1 Å². The van der Waals surface area contributed by atoms with Gasteiger partial charge in [-0.1, -0.05) is 12.2 Å². The normalized spacial score (nSPS) is 14.7. The van der Waals surface area contributed by atoms with Crippen LogP contribution >= 0.6 is 0 Å². The molecule has 9 nitrogen and oxygen atoms in total. The zero-order valence-electron chi connectivity index (χ0n) is 20.0. The number of aromatic nitrogens is 4. The lowest BCUT2D eigenvalue weighted by atomic mass is 10.1. The summed E-state index contributed by atoms with van der Waals surface area (Å²) >= 11 is 0. The Labute approximate surface area is 199 Å². The van der Waals surface area contributed by atoms with Gasteiger partial charge in [0.25, 0.3) is 0 Å². The van der Waals surface area contributed by atoms with E-state index in [1.807, 2.05) is 55.8 Å². The summed E-state index contributed by atoms with van der Waals surface area (Å²) in [7, 11) is 1.59. The lowest BCUT2D eigenvalue weighted by Gasteiger charge is -2.27. The third-order valence-electron chi connectivity index (χ3n) is 5.57. The Morgan fingerprint density at radius 1 is 1.41 bits per heavy atom. The van der Waals surface area contributed by atoms with E-state index in [0.29, 0.717) is 38.1 Å². The summed E-state index contributed by atoms with van der Waals surface area (Å²) in [5.74, 6) is 1.02. The number of methoxy groups -OCH3 is 1. The fourth-order valence-electron chi connectivity index (χ4n) is 3.92. The van der Waals surface area contributed by atoms with E-state index in [2.05, 4.69) is 22.0 Å². The van der Waals surface area contributed by atoms with Crippen molar-refractivity contribution in [3.8, 4) is 17.1 Å². The van der Waals surface area contributed by atoms with Gasteiger partial charge in [0.2, 0.25) is 11.8 Å². The molecule has 9 heteroatoms. The first-order chi connectivity index (χ1) is 16.6. The van der Waals surface area contributed by atoms with Crippen LogP contribution in [-0.2, 0) is 9.47 Å². The molecule has 1 aliphatic heterocycles. The summed E-state index contributed by atoms with van der Waals surface area (Å²) < 4.78 is 18.6. The van der Waals surface area contributed by atoms with Gasteiger partial charge in [-0.05, 0) is 45.7 Å². The van der Waals surface area contributed by atoms with Crippen LogP contribution in [0, 0.1) is 6.92 Å². The van der Waals surface area contributed by atoms with E-state index < -0.39 is 0 Å². The Balaban J connectivity index is 1.86. The van der Waals surface area contributed by atoms with E-state index in [1.54, 1.807) is 13.3 Å². The number of rotatable bonds is 10. The second kappa shape index (κ2) is 10.5. The van der Waals surface area contributed by atoms with Gasteiger partial charge in [0.05, 0.1) is 55.6 Å². The smallest absolute Gasteiger partial charge is 0.222 e. The number of hydrogen-bond donors (Lipinski definition) is 1. The highest BCUT2D eigenvalue weighted by Crippen LogP contribution is 2.35. The maximum absolute atomic E-state index is 5.77. The number of nitrogens with zero attached hydrogens (tertiary/aromatic N) is 5. The second-order valence-electron chi connectivity index (χ2n) is 7.81. The monoisotopic (exact) mass is 462 g/mol. The van der Waals surface area contributed by atoms with Crippen molar-refractivity contribution in [3.63, 3.8) is 0 Å². The van der Waals surface area contributed by atoms with Crippen LogP contribution in [0.2, 0.25) is 0 Å². The Kier molecular flexibility index (Phi) is 7.22. The van der Waals surface area contributed by atoms with Gasteiger partial charge in [-0.3, -0.25) is 4.68 Å². The lowest BCUT2D eigenvalue weighted by Crippen LogP contribution is -2.31. The molecule has 1 aliphatic rings. The minimum atomic E-state index is 0.178. The summed E-state index contributed by atoms with van der Waals surface area (Å²) in [5.41, 5.74) is 5.94. The van der Waals surface area contributed by atoms with Gasteiger partial charge < -0.3 is 19.5 Å². The zero-order chi connectivity index (χ0) is 24.1. The molecule has 1 N–H and O–H groups in total. The van der Waals surface area contributed by atoms with Crippen LogP contribution in [0.1, 0.15) is 25.6 Å².